The summed E-state index contributed by atoms with van der Waals surface area (Å²) in [7, 11) is 0. The van der Waals surface area contributed by atoms with Crippen molar-refractivity contribution in [3.63, 3.8) is 0 Å². The first kappa shape index (κ1) is 19.5. The fourth-order valence-electron chi connectivity index (χ4n) is 2.68. The van der Waals surface area contributed by atoms with Gasteiger partial charge in [-0.2, -0.15) is 0 Å². The summed E-state index contributed by atoms with van der Waals surface area (Å²) in [5, 5.41) is 11.6. The van der Waals surface area contributed by atoms with Crippen molar-refractivity contribution in [1.29, 1.82) is 0 Å². The van der Waals surface area contributed by atoms with Crippen LogP contribution in [0.3, 0.4) is 0 Å². The minimum atomic E-state index is -1.03. The molecule has 2 aromatic rings. The standard InChI is InChI=1S/C21H25NO4/c1-15-13-17(26-14-20(24)25)9-10-18(15)22-19(23)11-12-21(2,3)16-7-5-4-6-8-16/h4-10,13H,11-12,14H2,1-3H3,(H,22,23)(H,24,25). The molecule has 0 unspecified atom stereocenters. The molecule has 2 aromatic carbocycles. The number of amides is 1. The fraction of sp³-hybridized carbons (Fsp3) is 0.333. The molecule has 0 aliphatic carbocycles. The molecule has 0 atom stereocenters. The molecule has 0 fully saturated rings. The second-order valence-electron chi connectivity index (χ2n) is 6.96. The van der Waals surface area contributed by atoms with E-state index >= 15 is 0 Å². The Labute approximate surface area is 154 Å². The van der Waals surface area contributed by atoms with Gasteiger partial charge in [-0.25, -0.2) is 4.79 Å². The van der Waals surface area contributed by atoms with Crippen molar-refractivity contribution in [3.05, 3.63) is 59.7 Å². The monoisotopic (exact) mass is 355 g/mol. The van der Waals surface area contributed by atoms with Gasteiger partial charge in [-0.3, -0.25) is 4.79 Å². The number of nitrogens with one attached hydrogen (secondary N) is 1. The van der Waals surface area contributed by atoms with Crippen molar-refractivity contribution in [2.45, 2.75) is 39.0 Å². The maximum atomic E-state index is 12.3. The largest absolute Gasteiger partial charge is 0.482 e. The number of carboxylic acid groups (broad SMARTS) is 1. The molecule has 0 bridgehead atoms. The lowest BCUT2D eigenvalue weighted by atomic mass is 9.80. The number of rotatable bonds is 8. The van der Waals surface area contributed by atoms with Gasteiger partial charge >= 0.3 is 5.97 Å². The van der Waals surface area contributed by atoms with Crippen LogP contribution in [-0.2, 0) is 15.0 Å². The summed E-state index contributed by atoms with van der Waals surface area (Å²) in [4.78, 5) is 22.9. The van der Waals surface area contributed by atoms with Crippen LogP contribution in [0.4, 0.5) is 5.69 Å². The Kier molecular flexibility index (Phi) is 6.39. The average Bonchev–Trinajstić information content (AvgIpc) is 2.61. The first-order valence-electron chi connectivity index (χ1n) is 8.58. The number of aliphatic carboxylic acids is 1. The van der Waals surface area contributed by atoms with E-state index in [1.54, 1.807) is 18.2 Å². The maximum Gasteiger partial charge on any atom is 0.341 e. The molecule has 5 nitrogen and oxygen atoms in total. The van der Waals surface area contributed by atoms with Crippen LogP contribution in [0.15, 0.2) is 48.5 Å². The van der Waals surface area contributed by atoms with Gasteiger partial charge in [-0.05, 0) is 48.1 Å². The van der Waals surface area contributed by atoms with Crippen LogP contribution in [0.25, 0.3) is 0 Å². The highest BCUT2D eigenvalue weighted by molar-refractivity contribution is 5.91. The van der Waals surface area contributed by atoms with Crippen molar-refractivity contribution in [3.8, 4) is 5.75 Å². The van der Waals surface area contributed by atoms with Crippen LogP contribution in [0, 0.1) is 6.92 Å². The van der Waals surface area contributed by atoms with Crippen molar-refractivity contribution < 1.29 is 19.4 Å². The molecule has 0 spiro atoms. The van der Waals surface area contributed by atoms with Crippen LogP contribution in [0.5, 0.6) is 5.75 Å². The number of benzene rings is 2. The van der Waals surface area contributed by atoms with Crippen molar-refractivity contribution in [2.24, 2.45) is 0 Å². The molecule has 0 heterocycles. The summed E-state index contributed by atoms with van der Waals surface area (Å²) in [6.07, 6.45) is 1.15. The van der Waals surface area contributed by atoms with E-state index in [1.165, 1.54) is 5.56 Å². The van der Waals surface area contributed by atoms with E-state index < -0.39 is 5.97 Å². The van der Waals surface area contributed by atoms with Crippen molar-refractivity contribution in [1.82, 2.24) is 0 Å². The Morgan fingerprint density at radius 3 is 2.42 bits per heavy atom. The third-order valence-electron chi connectivity index (χ3n) is 4.37. The lowest BCUT2D eigenvalue weighted by Gasteiger charge is -2.25. The summed E-state index contributed by atoms with van der Waals surface area (Å²) in [5.41, 5.74) is 2.66. The topological polar surface area (TPSA) is 75.6 Å². The summed E-state index contributed by atoms with van der Waals surface area (Å²) < 4.78 is 5.14. The second kappa shape index (κ2) is 8.52. The second-order valence-corrected chi connectivity index (χ2v) is 6.96. The van der Waals surface area contributed by atoms with Crippen LogP contribution < -0.4 is 10.1 Å². The summed E-state index contributed by atoms with van der Waals surface area (Å²) >= 11 is 0. The zero-order valence-corrected chi connectivity index (χ0v) is 15.4. The van der Waals surface area contributed by atoms with E-state index in [-0.39, 0.29) is 17.9 Å². The zero-order chi connectivity index (χ0) is 19.2. The molecule has 1 amide bonds. The molecular formula is C21H25NO4. The Morgan fingerprint density at radius 2 is 1.81 bits per heavy atom. The van der Waals surface area contributed by atoms with E-state index in [9.17, 15) is 9.59 Å². The smallest absolute Gasteiger partial charge is 0.341 e. The molecular weight excluding hydrogens is 330 g/mol. The van der Waals surface area contributed by atoms with Gasteiger partial charge in [-0.1, -0.05) is 44.2 Å². The van der Waals surface area contributed by atoms with Gasteiger partial charge in [0.1, 0.15) is 5.75 Å². The molecule has 2 N–H and O–H groups in total. The van der Waals surface area contributed by atoms with Gasteiger partial charge in [0.05, 0.1) is 0 Å². The zero-order valence-electron chi connectivity index (χ0n) is 15.4. The third-order valence-corrected chi connectivity index (χ3v) is 4.37. The number of aryl methyl sites for hydroxylation is 1. The number of anilines is 1. The van der Waals surface area contributed by atoms with Crippen LogP contribution in [-0.4, -0.2) is 23.6 Å². The van der Waals surface area contributed by atoms with E-state index in [4.69, 9.17) is 9.84 Å². The van der Waals surface area contributed by atoms with Gasteiger partial charge in [0, 0.05) is 12.1 Å². The highest BCUT2D eigenvalue weighted by Gasteiger charge is 2.21. The first-order valence-corrected chi connectivity index (χ1v) is 8.58. The highest BCUT2D eigenvalue weighted by Crippen LogP contribution is 2.28. The van der Waals surface area contributed by atoms with Gasteiger partial charge in [0.2, 0.25) is 5.91 Å². The fourth-order valence-corrected chi connectivity index (χ4v) is 2.68. The molecule has 0 aliphatic heterocycles. The molecule has 0 aromatic heterocycles. The predicted octanol–water partition coefficient (Wildman–Crippen LogP) is 4.15. The first-order chi connectivity index (χ1) is 12.3. The van der Waals surface area contributed by atoms with E-state index in [1.807, 2.05) is 25.1 Å². The van der Waals surface area contributed by atoms with Gasteiger partial charge < -0.3 is 15.2 Å². The Balaban J connectivity index is 1.92. The number of carboxylic acids is 1. The summed E-state index contributed by atoms with van der Waals surface area (Å²) in [6, 6.07) is 15.3. The van der Waals surface area contributed by atoms with Crippen LogP contribution in [0.1, 0.15) is 37.8 Å². The third kappa shape index (κ3) is 5.62. The maximum absolute atomic E-state index is 12.3. The molecule has 0 saturated carbocycles. The number of hydrogen-bond acceptors (Lipinski definition) is 3. The van der Waals surface area contributed by atoms with Crippen LogP contribution in [0.2, 0.25) is 0 Å². The molecule has 2 rings (SSSR count). The number of hydrogen-bond donors (Lipinski definition) is 2. The normalized spacial score (nSPS) is 11.0. The summed E-state index contributed by atoms with van der Waals surface area (Å²) in [5.74, 6) is -0.606. The number of ether oxygens (including phenoxy) is 1. The molecule has 0 saturated heterocycles. The number of carbonyl (C=O) groups excluding carboxylic acids is 1. The average molecular weight is 355 g/mol. The van der Waals surface area contributed by atoms with E-state index in [0.29, 0.717) is 17.9 Å². The summed E-state index contributed by atoms with van der Waals surface area (Å²) in [6.45, 7) is 5.72. The Morgan fingerprint density at radius 1 is 1.12 bits per heavy atom. The van der Waals surface area contributed by atoms with Crippen LogP contribution >= 0.6 is 0 Å². The SMILES string of the molecule is Cc1cc(OCC(=O)O)ccc1NC(=O)CCC(C)(C)c1ccccc1. The lowest BCUT2D eigenvalue weighted by molar-refractivity contribution is -0.139. The van der Waals surface area contributed by atoms with E-state index in [2.05, 4.69) is 31.3 Å². The number of carbonyl (C=O) groups is 2. The minimum Gasteiger partial charge on any atom is -0.482 e. The quantitative estimate of drug-likeness (QED) is 0.746. The van der Waals surface area contributed by atoms with Gasteiger partial charge in [-0.15, -0.1) is 0 Å². The van der Waals surface area contributed by atoms with Crippen molar-refractivity contribution in [2.75, 3.05) is 11.9 Å². The molecule has 5 heteroatoms. The highest BCUT2D eigenvalue weighted by atomic mass is 16.5. The molecule has 138 valence electrons. The Bertz CT molecular complexity index is 769. The molecule has 26 heavy (non-hydrogen) atoms. The Hall–Kier alpha value is -2.82. The lowest BCUT2D eigenvalue weighted by Crippen LogP contribution is -2.21. The molecule has 0 radical (unpaired) electrons. The van der Waals surface area contributed by atoms with Gasteiger partial charge in [0.25, 0.3) is 0 Å². The minimum absolute atomic E-state index is 0.0451. The van der Waals surface area contributed by atoms with E-state index in [0.717, 1.165) is 12.0 Å². The molecule has 0 aliphatic rings. The van der Waals surface area contributed by atoms with Crippen molar-refractivity contribution >= 4 is 17.6 Å². The predicted molar refractivity (Wildman–Crippen MR) is 102 cm³/mol. The van der Waals surface area contributed by atoms with Gasteiger partial charge in [0.15, 0.2) is 6.61 Å².